The Morgan fingerprint density at radius 2 is 1.79 bits per heavy atom. The summed E-state index contributed by atoms with van der Waals surface area (Å²) in [6.07, 6.45) is 3.69. The molecule has 8 heteroatoms. The van der Waals surface area contributed by atoms with E-state index in [9.17, 15) is 0 Å². The number of benzene rings is 1. The molecule has 33 heavy (non-hydrogen) atoms. The normalized spacial score (nSPS) is 23.4. The van der Waals surface area contributed by atoms with Crippen LogP contribution in [0.3, 0.4) is 0 Å². The van der Waals surface area contributed by atoms with Crippen LogP contribution in [-0.2, 0) is 11.3 Å². The fraction of sp³-hybridized carbons (Fsp3) is 0.720. The Balaban J connectivity index is 0.00000306. The van der Waals surface area contributed by atoms with Gasteiger partial charge in [-0.05, 0) is 62.9 Å². The predicted octanol–water partition coefficient (Wildman–Crippen LogP) is 2.90. The highest BCUT2D eigenvalue weighted by molar-refractivity contribution is 14.0. The molecule has 1 aromatic carbocycles. The Morgan fingerprint density at radius 3 is 2.45 bits per heavy atom. The smallest absolute Gasteiger partial charge is 0.193 e. The first-order chi connectivity index (χ1) is 15.7. The van der Waals surface area contributed by atoms with Crippen LogP contribution < -0.4 is 10.1 Å². The van der Waals surface area contributed by atoms with E-state index >= 15 is 0 Å². The van der Waals surface area contributed by atoms with E-state index in [1.807, 2.05) is 0 Å². The van der Waals surface area contributed by atoms with Crippen molar-refractivity contribution in [3.63, 3.8) is 0 Å². The second kappa shape index (κ2) is 13.7. The van der Waals surface area contributed by atoms with Gasteiger partial charge in [-0.3, -0.25) is 14.8 Å². The number of aliphatic imine (C=N–C) groups is 1. The van der Waals surface area contributed by atoms with Crippen molar-refractivity contribution in [1.29, 1.82) is 0 Å². The van der Waals surface area contributed by atoms with Crippen molar-refractivity contribution in [2.45, 2.75) is 38.8 Å². The molecule has 3 heterocycles. The Labute approximate surface area is 216 Å². The molecule has 186 valence electrons. The lowest BCUT2D eigenvalue weighted by atomic mass is 9.96. The zero-order valence-electron chi connectivity index (χ0n) is 20.4. The van der Waals surface area contributed by atoms with Gasteiger partial charge in [0.15, 0.2) is 5.96 Å². The van der Waals surface area contributed by atoms with Gasteiger partial charge in [-0.1, -0.05) is 12.1 Å². The fourth-order valence-corrected chi connectivity index (χ4v) is 5.13. The number of rotatable bonds is 7. The summed E-state index contributed by atoms with van der Waals surface area (Å²) in [4.78, 5) is 12.7. The standard InChI is InChI=1S/C25H41N5O2.HI/c1-3-26-25(30-13-10-23(20-30)29-14-16-32-17-15-29)27-18-21-8-11-28(12-9-21)19-22-4-6-24(31-2)7-5-22;/h4-7,21,23H,3,8-20H2,1-2H3,(H,26,27);1H. The van der Waals surface area contributed by atoms with Gasteiger partial charge in [0, 0.05) is 51.9 Å². The second-order valence-electron chi connectivity index (χ2n) is 9.30. The maximum Gasteiger partial charge on any atom is 0.193 e. The number of nitrogens with one attached hydrogen (secondary N) is 1. The van der Waals surface area contributed by atoms with E-state index in [1.54, 1.807) is 7.11 Å². The zero-order chi connectivity index (χ0) is 22.2. The molecule has 0 bridgehead atoms. The molecule has 0 spiro atoms. The quantitative estimate of drug-likeness (QED) is 0.309. The van der Waals surface area contributed by atoms with Crippen LogP contribution in [0, 0.1) is 5.92 Å². The number of morpholine rings is 1. The summed E-state index contributed by atoms with van der Waals surface area (Å²) < 4.78 is 10.8. The van der Waals surface area contributed by atoms with Gasteiger partial charge in [0.1, 0.15) is 5.75 Å². The molecule has 1 N–H and O–H groups in total. The number of hydrogen-bond donors (Lipinski definition) is 1. The van der Waals surface area contributed by atoms with Gasteiger partial charge in [-0.2, -0.15) is 0 Å². The molecule has 1 unspecified atom stereocenters. The third-order valence-electron chi connectivity index (χ3n) is 7.13. The molecule has 3 fully saturated rings. The van der Waals surface area contributed by atoms with E-state index in [-0.39, 0.29) is 24.0 Å². The monoisotopic (exact) mass is 571 g/mol. The molecule has 3 aliphatic heterocycles. The predicted molar refractivity (Wildman–Crippen MR) is 145 cm³/mol. The highest BCUT2D eigenvalue weighted by Gasteiger charge is 2.30. The lowest BCUT2D eigenvalue weighted by molar-refractivity contribution is 0.0195. The Kier molecular flexibility index (Phi) is 11.0. The van der Waals surface area contributed by atoms with E-state index in [4.69, 9.17) is 14.5 Å². The van der Waals surface area contributed by atoms with Crippen LogP contribution in [0.2, 0.25) is 0 Å². The van der Waals surface area contributed by atoms with Crippen LogP contribution >= 0.6 is 24.0 Å². The number of ether oxygens (including phenoxy) is 2. The van der Waals surface area contributed by atoms with Crippen molar-refractivity contribution < 1.29 is 9.47 Å². The number of guanidine groups is 1. The van der Waals surface area contributed by atoms with Crippen molar-refractivity contribution in [3.8, 4) is 5.75 Å². The highest BCUT2D eigenvalue weighted by Crippen LogP contribution is 2.21. The largest absolute Gasteiger partial charge is 0.497 e. The van der Waals surface area contributed by atoms with Crippen LogP contribution in [0.1, 0.15) is 31.7 Å². The van der Waals surface area contributed by atoms with Gasteiger partial charge in [0.2, 0.25) is 0 Å². The average molecular weight is 572 g/mol. The van der Waals surface area contributed by atoms with Gasteiger partial charge < -0.3 is 19.7 Å². The van der Waals surface area contributed by atoms with Gasteiger partial charge in [0.25, 0.3) is 0 Å². The molecular formula is C25H42IN5O2. The van der Waals surface area contributed by atoms with Crippen molar-refractivity contribution in [1.82, 2.24) is 20.0 Å². The first kappa shape index (κ1) is 26.5. The summed E-state index contributed by atoms with van der Waals surface area (Å²) in [5.74, 6) is 2.73. The van der Waals surface area contributed by atoms with E-state index < -0.39 is 0 Å². The summed E-state index contributed by atoms with van der Waals surface area (Å²) in [6, 6.07) is 9.11. The minimum Gasteiger partial charge on any atom is -0.497 e. The van der Waals surface area contributed by atoms with Crippen LogP contribution in [0.4, 0.5) is 0 Å². The van der Waals surface area contributed by atoms with Crippen LogP contribution in [0.15, 0.2) is 29.3 Å². The van der Waals surface area contributed by atoms with E-state index in [1.165, 1.54) is 24.8 Å². The first-order valence-electron chi connectivity index (χ1n) is 12.5. The molecule has 0 radical (unpaired) electrons. The lowest BCUT2D eigenvalue weighted by Gasteiger charge is -2.33. The molecule has 0 amide bonds. The molecule has 3 saturated heterocycles. The molecular weight excluding hydrogens is 529 g/mol. The first-order valence-corrected chi connectivity index (χ1v) is 12.5. The van der Waals surface area contributed by atoms with Crippen LogP contribution in [0.25, 0.3) is 0 Å². The van der Waals surface area contributed by atoms with Gasteiger partial charge >= 0.3 is 0 Å². The Morgan fingerprint density at radius 1 is 1.06 bits per heavy atom. The minimum atomic E-state index is 0. The minimum absolute atomic E-state index is 0. The van der Waals surface area contributed by atoms with Crippen LogP contribution in [0.5, 0.6) is 5.75 Å². The highest BCUT2D eigenvalue weighted by atomic mass is 127. The molecule has 0 aliphatic carbocycles. The fourth-order valence-electron chi connectivity index (χ4n) is 5.13. The molecule has 0 aromatic heterocycles. The lowest BCUT2D eigenvalue weighted by Crippen LogP contribution is -2.46. The number of hydrogen-bond acceptors (Lipinski definition) is 5. The molecule has 7 nitrogen and oxygen atoms in total. The van der Waals surface area contributed by atoms with Gasteiger partial charge in [-0.15, -0.1) is 24.0 Å². The van der Waals surface area contributed by atoms with Crippen molar-refractivity contribution in [2.75, 3.05) is 72.7 Å². The van der Waals surface area contributed by atoms with Crippen molar-refractivity contribution >= 4 is 29.9 Å². The van der Waals surface area contributed by atoms with Crippen molar-refractivity contribution in [2.24, 2.45) is 10.9 Å². The van der Waals surface area contributed by atoms with Gasteiger partial charge in [0.05, 0.1) is 20.3 Å². The van der Waals surface area contributed by atoms with Crippen molar-refractivity contribution in [3.05, 3.63) is 29.8 Å². The molecule has 4 rings (SSSR count). The third kappa shape index (κ3) is 7.70. The average Bonchev–Trinajstić information content (AvgIpc) is 3.34. The molecule has 3 aliphatic rings. The summed E-state index contributed by atoms with van der Waals surface area (Å²) in [7, 11) is 1.72. The van der Waals surface area contributed by atoms with E-state index in [0.29, 0.717) is 12.0 Å². The molecule has 0 saturated carbocycles. The Bertz CT molecular complexity index is 718. The Hall–Kier alpha value is -1.10. The second-order valence-corrected chi connectivity index (χ2v) is 9.30. The number of methoxy groups -OCH3 is 1. The number of nitrogens with zero attached hydrogens (tertiary/aromatic N) is 4. The molecule has 1 atom stereocenters. The summed E-state index contributed by atoms with van der Waals surface area (Å²) >= 11 is 0. The summed E-state index contributed by atoms with van der Waals surface area (Å²) in [6.45, 7) is 13.5. The third-order valence-corrected chi connectivity index (χ3v) is 7.13. The number of likely N-dealkylation sites (tertiary alicyclic amines) is 2. The maximum atomic E-state index is 5.53. The summed E-state index contributed by atoms with van der Waals surface area (Å²) in [5.41, 5.74) is 1.36. The maximum absolute atomic E-state index is 5.53. The molecule has 1 aromatic rings. The SMILES string of the molecule is CCNC(=NCC1CCN(Cc2ccc(OC)cc2)CC1)N1CCC(N2CCOCC2)C1.I. The van der Waals surface area contributed by atoms with E-state index in [2.05, 4.69) is 51.2 Å². The number of piperidine rings is 1. The topological polar surface area (TPSA) is 52.6 Å². The summed E-state index contributed by atoms with van der Waals surface area (Å²) in [5, 5.41) is 3.55. The zero-order valence-corrected chi connectivity index (χ0v) is 22.7. The van der Waals surface area contributed by atoms with Gasteiger partial charge in [-0.25, -0.2) is 0 Å². The van der Waals surface area contributed by atoms with Crippen LogP contribution in [-0.4, -0.2) is 99.4 Å². The van der Waals surface area contributed by atoms with E-state index in [0.717, 1.165) is 83.8 Å². The number of halogens is 1.